The van der Waals surface area contributed by atoms with Crippen LogP contribution in [0.15, 0.2) is 42.5 Å². The molecule has 0 spiro atoms. The number of benzene rings is 2. The van der Waals surface area contributed by atoms with Gasteiger partial charge >= 0.3 is 0 Å². The van der Waals surface area contributed by atoms with Crippen molar-refractivity contribution in [3.8, 4) is 11.5 Å². The lowest BCUT2D eigenvalue weighted by molar-refractivity contribution is 0.103. The van der Waals surface area contributed by atoms with Crippen LogP contribution in [0.4, 0.5) is 5.69 Å². The van der Waals surface area contributed by atoms with Crippen LogP contribution in [0.1, 0.15) is 15.9 Å². The molecule has 98 valence electrons. The minimum absolute atomic E-state index is 0.0939. The summed E-state index contributed by atoms with van der Waals surface area (Å²) >= 11 is 0. The van der Waals surface area contributed by atoms with Gasteiger partial charge in [-0.05, 0) is 24.3 Å². The Bertz CT molecular complexity index is 621. The number of carbonyl (C=O) groups excluding carboxylic acids is 1. The highest BCUT2D eigenvalue weighted by Crippen LogP contribution is 2.28. The number of ketones is 1. The molecule has 0 fully saturated rings. The second-order valence-electron chi connectivity index (χ2n) is 4.44. The van der Waals surface area contributed by atoms with Crippen LogP contribution in [0.25, 0.3) is 0 Å². The summed E-state index contributed by atoms with van der Waals surface area (Å²) in [5.41, 5.74) is 1.15. The average molecular weight is 257 g/mol. The molecule has 0 bridgehead atoms. The van der Waals surface area contributed by atoms with Gasteiger partial charge < -0.3 is 15.1 Å². The number of anilines is 1. The monoisotopic (exact) mass is 257 g/mol. The smallest absolute Gasteiger partial charge is 0.200 e. The van der Waals surface area contributed by atoms with Crippen molar-refractivity contribution in [2.24, 2.45) is 0 Å². The maximum absolute atomic E-state index is 12.2. The van der Waals surface area contributed by atoms with Crippen molar-refractivity contribution in [2.45, 2.75) is 0 Å². The van der Waals surface area contributed by atoms with E-state index in [9.17, 15) is 15.0 Å². The number of aromatic hydroxyl groups is 2. The highest BCUT2D eigenvalue weighted by atomic mass is 16.3. The van der Waals surface area contributed by atoms with Crippen molar-refractivity contribution in [3.05, 3.63) is 53.6 Å². The first kappa shape index (κ1) is 13.0. The summed E-state index contributed by atoms with van der Waals surface area (Å²) in [7, 11) is 3.69. The number of phenolic OH excluding ortho intramolecular Hbond substituents is 2. The average Bonchev–Trinajstić information content (AvgIpc) is 2.38. The van der Waals surface area contributed by atoms with Crippen LogP contribution in [-0.4, -0.2) is 30.1 Å². The van der Waals surface area contributed by atoms with Gasteiger partial charge in [-0.25, -0.2) is 0 Å². The van der Waals surface area contributed by atoms with Crippen LogP contribution in [-0.2, 0) is 0 Å². The van der Waals surface area contributed by atoms with E-state index in [4.69, 9.17) is 0 Å². The molecule has 0 aliphatic carbocycles. The first-order valence-electron chi connectivity index (χ1n) is 5.83. The normalized spacial score (nSPS) is 10.2. The molecule has 0 saturated heterocycles. The van der Waals surface area contributed by atoms with Crippen LogP contribution in [0.2, 0.25) is 0 Å². The largest absolute Gasteiger partial charge is 0.507 e. The second-order valence-corrected chi connectivity index (χ2v) is 4.44. The van der Waals surface area contributed by atoms with E-state index in [1.165, 1.54) is 18.2 Å². The van der Waals surface area contributed by atoms with Crippen LogP contribution >= 0.6 is 0 Å². The molecule has 0 saturated carbocycles. The van der Waals surface area contributed by atoms with E-state index in [-0.39, 0.29) is 22.6 Å². The van der Waals surface area contributed by atoms with E-state index < -0.39 is 5.78 Å². The maximum Gasteiger partial charge on any atom is 0.200 e. The van der Waals surface area contributed by atoms with E-state index in [0.29, 0.717) is 0 Å². The quantitative estimate of drug-likeness (QED) is 0.829. The first-order valence-corrected chi connectivity index (χ1v) is 5.83. The molecule has 4 heteroatoms. The van der Waals surface area contributed by atoms with Gasteiger partial charge in [0.1, 0.15) is 11.5 Å². The van der Waals surface area contributed by atoms with Gasteiger partial charge in [0, 0.05) is 25.8 Å². The Kier molecular flexibility index (Phi) is 3.42. The van der Waals surface area contributed by atoms with Crippen molar-refractivity contribution in [1.82, 2.24) is 0 Å². The summed E-state index contributed by atoms with van der Waals surface area (Å²) in [5, 5.41) is 19.6. The molecule has 0 aliphatic rings. The van der Waals surface area contributed by atoms with Gasteiger partial charge in [0.15, 0.2) is 5.78 Å². The highest BCUT2D eigenvalue weighted by Gasteiger charge is 2.17. The van der Waals surface area contributed by atoms with Crippen molar-refractivity contribution < 1.29 is 15.0 Å². The van der Waals surface area contributed by atoms with Gasteiger partial charge in [0.2, 0.25) is 0 Å². The third kappa shape index (κ3) is 2.52. The lowest BCUT2D eigenvalue weighted by Gasteiger charge is -2.14. The lowest BCUT2D eigenvalue weighted by Crippen LogP contribution is -2.09. The number of rotatable bonds is 3. The predicted molar refractivity (Wildman–Crippen MR) is 74.0 cm³/mol. The molecule has 0 radical (unpaired) electrons. The molecule has 19 heavy (non-hydrogen) atoms. The Morgan fingerprint density at radius 3 is 2.16 bits per heavy atom. The molecule has 2 N–H and O–H groups in total. The molecule has 0 aliphatic heterocycles. The Hall–Kier alpha value is -2.49. The SMILES string of the molecule is CN(C)c1ccc(C(=O)c2ccccc2O)c(O)c1. The van der Waals surface area contributed by atoms with Gasteiger partial charge in [0.25, 0.3) is 0 Å². The predicted octanol–water partition coefficient (Wildman–Crippen LogP) is 2.39. The van der Waals surface area contributed by atoms with Crippen molar-refractivity contribution in [1.29, 1.82) is 0 Å². The minimum Gasteiger partial charge on any atom is -0.507 e. The van der Waals surface area contributed by atoms with Crippen LogP contribution < -0.4 is 4.90 Å². The molecule has 2 rings (SSSR count). The summed E-state index contributed by atoms with van der Waals surface area (Å²) in [5.74, 6) is -0.594. The third-order valence-electron chi connectivity index (χ3n) is 2.89. The third-order valence-corrected chi connectivity index (χ3v) is 2.89. The van der Waals surface area contributed by atoms with Crippen LogP contribution in [0.5, 0.6) is 11.5 Å². The summed E-state index contributed by atoms with van der Waals surface area (Å²) in [6, 6.07) is 11.1. The molecular formula is C15H15NO3. The number of phenols is 2. The topological polar surface area (TPSA) is 60.8 Å². The molecule has 0 atom stereocenters. The Labute approximate surface area is 111 Å². The number of carbonyl (C=O) groups is 1. The van der Waals surface area contributed by atoms with Crippen molar-refractivity contribution in [2.75, 3.05) is 19.0 Å². The summed E-state index contributed by atoms with van der Waals surface area (Å²) in [4.78, 5) is 14.1. The van der Waals surface area contributed by atoms with E-state index in [2.05, 4.69) is 0 Å². The zero-order valence-electron chi connectivity index (χ0n) is 10.8. The Morgan fingerprint density at radius 2 is 1.58 bits per heavy atom. The van der Waals surface area contributed by atoms with Crippen molar-refractivity contribution >= 4 is 11.5 Å². The fourth-order valence-electron chi connectivity index (χ4n) is 1.80. The van der Waals surface area contributed by atoms with E-state index in [1.807, 2.05) is 19.0 Å². The molecule has 0 unspecified atom stereocenters. The zero-order chi connectivity index (χ0) is 14.0. The minimum atomic E-state index is -0.402. The van der Waals surface area contributed by atoms with Crippen molar-refractivity contribution in [3.63, 3.8) is 0 Å². The number of hydrogen-bond donors (Lipinski definition) is 2. The molecule has 0 heterocycles. The molecular weight excluding hydrogens is 242 g/mol. The van der Waals surface area contributed by atoms with Gasteiger partial charge in [-0.15, -0.1) is 0 Å². The summed E-state index contributed by atoms with van der Waals surface area (Å²) in [6.45, 7) is 0. The lowest BCUT2D eigenvalue weighted by atomic mass is 10.0. The van der Waals surface area contributed by atoms with Gasteiger partial charge in [-0.2, -0.15) is 0 Å². The summed E-state index contributed by atoms with van der Waals surface area (Å²) < 4.78 is 0. The molecule has 4 nitrogen and oxygen atoms in total. The van der Waals surface area contributed by atoms with E-state index in [1.54, 1.807) is 24.3 Å². The number of para-hydroxylation sites is 1. The first-order chi connectivity index (χ1) is 9.00. The maximum atomic E-state index is 12.2. The van der Waals surface area contributed by atoms with Crippen LogP contribution in [0, 0.1) is 0 Å². The molecule has 0 aromatic heterocycles. The molecule has 2 aromatic rings. The van der Waals surface area contributed by atoms with Gasteiger partial charge in [-0.1, -0.05) is 12.1 Å². The standard InChI is InChI=1S/C15H15NO3/c1-16(2)10-7-8-12(14(18)9-10)15(19)11-5-3-4-6-13(11)17/h3-9,17-18H,1-2H3. The summed E-state index contributed by atoms with van der Waals surface area (Å²) in [6.07, 6.45) is 0. The van der Waals surface area contributed by atoms with E-state index >= 15 is 0 Å². The molecule has 0 amide bonds. The van der Waals surface area contributed by atoms with Gasteiger partial charge in [0.05, 0.1) is 11.1 Å². The Morgan fingerprint density at radius 1 is 0.947 bits per heavy atom. The number of hydrogen-bond acceptors (Lipinski definition) is 4. The fourth-order valence-corrected chi connectivity index (χ4v) is 1.80. The zero-order valence-corrected chi connectivity index (χ0v) is 10.8. The Balaban J connectivity index is 2.43. The molecule has 2 aromatic carbocycles. The number of nitrogens with zero attached hydrogens (tertiary/aromatic N) is 1. The second kappa shape index (κ2) is 5.02. The fraction of sp³-hybridized carbons (Fsp3) is 0.133. The van der Waals surface area contributed by atoms with E-state index in [0.717, 1.165) is 5.69 Å². The van der Waals surface area contributed by atoms with Crippen LogP contribution in [0.3, 0.4) is 0 Å². The van der Waals surface area contributed by atoms with Gasteiger partial charge in [-0.3, -0.25) is 4.79 Å². The highest BCUT2D eigenvalue weighted by molar-refractivity contribution is 6.12.